The van der Waals surface area contributed by atoms with Gasteiger partial charge in [0.2, 0.25) is 0 Å². The van der Waals surface area contributed by atoms with Gasteiger partial charge in [-0.05, 0) is 38.0 Å². The first-order chi connectivity index (χ1) is 9.85. The molecule has 0 bridgehead atoms. The molecule has 0 saturated heterocycles. The fraction of sp³-hybridized carbons (Fsp3) is 0.333. The van der Waals surface area contributed by atoms with Crippen molar-refractivity contribution in [3.8, 4) is 11.1 Å². The molecule has 1 heterocycles. The number of hydrogen-bond donors (Lipinski definition) is 3. The van der Waals surface area contributed by atoms with Crippen LogP contribution in [0.4, 0.5) is 10.6 Å². The third-order valence-electron chi connectivity index (χ3n) is 2.74. The molecule has 0 radical (unpaired) electrons. The number of benzene rings is 1. The van der Waals surface area contributed by atoms with E-state index in [2.05, 4.69) is 15.5 Å². The van der Waals surface area contributed by atoms with Crippen LogP contribution in [-0.4, -0.2) is 21.9 Å². The molecule has 1 aromatic carbocycles. The highest BCUT2D eigenvalue weighted by molar-refractivity contribution is 5.73. The van der Waals surface area contributed by atoms with Gasteiger partial charge in [0.05, 0.1) is 6.20 Å². The Morgan fingerprint density at radius 2 is 2.19 bits per heavy atom. The Labute approximate surface area is 123 Å². The van der Waals surface area contributed by atoms with Crippen molar-refractivity contribution in [2.45, 2.75) is 32.9 Å². The number of carbonyl (C=O) groups excluding carboxylic acids is 1. The number of anilines is 1. The van der Waals surface area contributed by atoms with E-state index in [9.17, 15) is 4.79 Å². The summed E-state index contributed by atoms with van der Waals surface area (Å²) in [6.07, 6.45) is 1.24. The molecule has 21 heavy (non-hydrogen) atoms. The zero-order chi connectivity index (χ0) is 15.5. The van der Waals surface area contributed by atoms with Crippen LogP contribution in [0.2, 0.25) is 0 Å². The number of rotatable bonds is 3. The lowest BCUT2D eigenvalue weighted by atomic mass is 10.1. The maximum absolute atomic E-state index is 11.6. The number of aromatic amines is 1. The second-order valence-electron chi connectivity index (χ2n) is 5.75. The smallest absolute Gasteiger partial charge is 0.407 e. The summed E-state index contributed by atoms with van der Waals surface area (Å²) in [5.41, 5.74) is 8.05. The Bertz CT molecular complexity index is 629. The first-order valence-electron chi connectivity index (χ1n) is 6.70. The lowest BCUT2D eigenvalue weighted by Crippen LogP contribution is -2.32. The van der Waals surface area contributed by atoms with Gasteiger partial charge in [-0.3, -0.25) is 5.10 Å². The van der Waals surface area contributed by atoms with Crippen LogP contribution in [0.1, 0.15) is 26.3 Å². The Kier molecular flexibility index (Phi) is 4.16. The Balaban J connectivity index is 2.02. The fourth-order valence-corrected chi connectivity index (χ4v) is 1.86. The first-order valence-corrected chi connectivity index (χ1v) is 6.70. The number of nitrogens with two attached hydrogens (primary N) is 1. The average molecular weight is 288 g/mol. The van der Waals surface area contributed by atoms with Crippen LogP contribution in [-0.2, 0) is 11.3 Å². The zero-order valence-corrected chi connectivity index (χ0v) is 12.4. The third-order valence-corrected chi connectivity index (χ3v) is 2.74. The van der Waals surface area contributed by atoms with Crippen LogP contribution in [0.5, 0.6) is 0 Å². The summed E-state index contributed by atoms with van der Waals surface area (Å²) < 4.78 is 5.20. The lowest BCUT2D eigenvalue weighted by molar-refractivity contribution is 0.0523. The summed E-state index contributed by atoms with van der Waals surface area (Å²) in [4.78, 5) is 11.6. The molecule has 6 nitrogen and oxygen atoms in total. The van der Waals surface area contributed by atoms with Crippen LogP contribution < -0.4 is 11.1 Å². The molecule has 1 amide bonds. The normalized spacial score (nSPS) is 11.2. The SMILES string of the molecule is CC(C)(C)OC(=O)NCc1cccc(-c2cn[nH]c2N)c1. The summed E-state index contributed by atoms with van der Waals surface area (Å²) in [6, 6.07) is 7.74. The van der Waals surface area contributed by atoms with E-state index in [0.29, 0.717) is 12.4 Å². The van der Waals surface area contributed by atoms with Gasteiger partial charge in [0, 0.05) is 12.1 Å². The number of H-pyrrole nitrogens is 1. The summed E-state index contributed by atoms with van der Waals surface area (Å²) >= 11 is 0. The van der Waals surface area contributed by atoms with Crippen molar-refractivity contribution < 1.29 is 9.53 Å². The highest BCUT2D eigenvalue weighted by atomic mass is 16.6. The minimum atomic E-state index is -0.503. The molecule has 0 atom stereocenters. The van der Waals surface area contributed by atoms with Crippen LogP contribution in [0.3, 0.4) is 0 Å². The maximum Gasteiger partial charge on any atom is 0.407 e. The van der Waals surface area contributed by atoms with Crippen molar-refractivity contribution in [3.05, 3.63) is 36.0 Å². The number of hydrogen-bond acceptors (Lipinski definition) is 4. The largest absolute Gasteiger partial charge is 0.444 e. The van der Waals surface area contributed by atoms with Gasteiger partial charge in [0.15, 0.2) is 0 Å². The van der Waals surface area contributed by atoms with Crippen molar-refractivity contribution >= 4 is 11.9 Å². The molecule has 0 saturated carbocycles. The Morgan fingerprint density at radius 3 is 2.81 bits per heavy atom. The summed E-state index contributed by atoms with van der Waals surface area (Å²) in [5.74, 6) is 0.521. The number of amides is 1. The minimum Gasteiger partial charge on any atom is -0.444 e. The molecule has 0 spiro atoms. The zero-order valence-electron chi connectivity index (χ0n) is 12.4. The highest BCUT2D eigenvalue weighted by Gasteiger charge is 2.15. The molecule has 6 heteroatoms. The lowest BCUT2D eigenvalue weighted by Gasteiger charge is -2.19. The van der Waals surface area contributed by atoms with E-state index < -0.39 is 11.7 Å². The second kappa shape index (κ2) is 5.87. The van der Waals surface area contributed by atoms with Gasteiger partial charge < -0.3 is 15.8 Å². The van der Waals surface area contributed by atoms with Gasteiger partial charge in [-0.15, -0.1) is 0 Å². The van der Waals surface area contributed by atoms with Crippen molar-refractivity contribution in [1.29, 1.82) is 0 Å². The molecular weight excluding hydrogens is 268 g/mol. The Hall–Kier alpha value is -2.50. The predicted molar refractivity (Wildman–Crippen MR) is 81.5 cm³/mol. The van der Waals surface area contributed by atoms with Crippen LogP contribution in [0, 0.1) is 0 Å². The highest BCUT2D eigenvalue weighted by Crippen LogP contribution is 2.24. The number of nitrogens with one attached hydrogen (secondary N) is 2. The van der Waals surface area contributed by atoms with E-state index in [1.165, 1.54) is 0 Å². The molecule has 0 aliphatic heterocycles. The standard InChI is InChI=1S/C15H20N4O2/c1-15(2,3)21-14(20)17-8-10-5-4-6-11(7-10)12-9-18-19-13(12)16/h4-7,9H,8H2,1-3H3,(H,17,20)(H3,16,18,19). The molecule has 112 valence electrons. The summed E-state index contributed by atoms with van der Waals surface area (Å²) in [7, 11) is 0. The number of nitrogen functional groups attached to an aromatic ring is 1. The molecule has 2 aromatic rings. The van der Waals surface area contributed by atoms with Crippen molar-refractivity contribution in [1.82, 2.24) is 15.5 Å². The fourth-order valence-electron chi connectivity index (χ4n) is 1.86. The maximum atomic E-state index is 11.6. The minimum absolute atomic E-state index is 0.389. The van der Waals surface area contributed by atoms with E-state index in [1.54, 1.807) is 6.20 Å². The van der Waals surface area contributed by atoms with E-state index in [-0.39, 0.29) is 0 Å². The van der Waals surface area contributed by atoms with Gasteiger partial charge in [-0.2, -0.15) is 5.10 Å². The quantitative estimate of drug-likeness (QED) is 0.809. The number of ether oxygens (including phenoxy) is 1. The van der Waals surface area contributed by atoms with E-state index in [0.717, 1.165) is 16.7 Å². The van der Waals surface area contributed by atoms with Gasteiger partial charge >= 0.3 is 6.09 Å². The number of nitrogens with zero attached hydrogens (tertiary/aromatic N) is 1. The van der Waals surface area contributed by atoms with Crippen LogP contribution in [0.15, 0.2) is 30.5 Å². The monoisotopic (exact) mass is 288 g/mol. The predicted octanol–water partition coefficient (Wildman–Crippen LogP) is 2.68. The van der Waals surface area contributed by atoms with E-state index in [4.69, 9.17) is 10.5 Å². The molecule has 0 aliphatic rings. The first kappa shape index (κ1) is 14.9. The molecule has 0 aliphatic carbocycles. The third kappa shape index (κ3) is 4.24. The number of carbonyl (C=O) groups is 1. The number of alkyl carbamates (subject to hydrolysis) is 1. The molecule has 4 N–H and O–H groups in total. The van der Waals surface area contributed by atoms with Crippen molar-refractivity contribution in [2.24, 2.45) is 0 Å². The topological polar surface area (TPSA) is 93.0 Å². The summed E-state index contributed by atoms with van der Waals surface area (Å²) in [6.45, 7) is 5.87. The molecule has 1 aromatic heterocycles. The Morgan fingerprint density at radius 1 is 1.43 bits per heavy atom. The summed E-state index contributed by atoms with van der Waals surface area (Å²) in [5, 5.41) is 9.33. The van der Waals surface area contributed by atoms with E-state index in [1.807, 2.05) is 45.0 Å². The van der Waals surface area contributed by atoms with Gasteiger partial charge in [0.1, 0.15) is 11.4 Å². The van der Waals surface area contributed by atoms with Crippen molar-refractivity contribution in [3.63, 3.8) is 0 Å². The van der Waals surface area contributed by atoms with Gasteiger partial charge in [-0.25, -0.2) is 4.79 Å². The molecule has 0 unspecified atom stereocenters. The van der Waals surface area contributed by atoms with Crippen LogP contribution in [0.25, 0.3) is 11.1 Å². The van der Waals surface area contributed by atoms with Gasteiger partial charge in [0.25, 0.3) is 0 Å². The molecule has 2 rings (SSSR count). The van der Waals surface area contributed by atoms with Gasteiger partial charge in [-0.1, -0.05) is 18.2 Å². The average Bonchev–Trinajstić information content (AvgIpc) is 2.81. The van der Waals surface area contributed by atoms with Crippen molar-refractivity contribution in [2.75, 3.05) is 5.73 Å². The number of aromatic nitrogens is 2. The molecule has 0 fully saturated rings. The second-order valence-corrected chi connectivity index (χ2v) is 5.75. The molecular formula is C15H20N4O2. The van der Waals surface area contributed by atoms with E-state index >= 15 is 0 Å². The van der Waals surface area contributed by atoms with Crippen LogP contribution >= 0.6 is 0 Å².